The number of methoxy groups -OCH3 is 1. The summed E-state index contributed by atoms with van der Waals surface area (Å²) in [7, 11) is 1.61. The van der Waals surface area contributed by atoms with Crippen molar-refractivity contribution >= 4 is 17.2 Å². The molecule has 0 unspecified atom stereocenters. The van der Waals surface area contributed by atoms with Crippen molar-refractivity contribution in [1.29, 1.82) is 0 Å². The summed E-state index contributed by atoms with van der Waals surface area (Å²) in [6.45, 7) is 0. The summed E-state index contributed by atoms with van der Waals surface area (Å²) >= 11 is 0. The van der Waals surface area contributed by atoms with Crippen molar-refractivity contribution in [2.75, 3.05) is 12.4 Å². The highest BCUT2D eigenvalue weighted by molar-refractivity contribution is 5.95. The van der Waals surface area contributed by atoms with Crippen molar-refractivity contribution in [1.82, 2.24) is 9.38 Å². The largest absolute Gasteiger partial charge is 0.495 e. The predicted molar refractivity (Wildman–Crippen MR) is 93.2 cm³/mol. The Hall–Kier alpha value is -2.82. The Morgan fingerprint density at radius 1 is 1.29 bits per heavy atom. The highest BCUT2D eigenvalue weighted by atomic mass is 16.5. The van der Waals surface area contributed by atoms with Gasteiger partial charge in [-0.2, -0.15) is 0 Å². The Bertz CT molecular complexity index is 864. The van der Waals surface area contributed by atoms with Crippen molar-refractivity contribution in [3.63, 3.8) is 0 Å². The minimum atomic E-state index is 0.0756. The molecule has 1 aliphatic carbocycles. The first kappa shape index (κ1) is 14.8. The molecule has 4 rings (SSSR count). The number of amides is 1. The maximum atomic E-state index is 12.3. The normalized spacial score (nSPS) is 14.4. The summed E-state index contributed by atoms with van der Waals surface area (Å²) < 4.78 is 7.37. The van der Waals surface area contributed by atoms with Crippen LogP contribution in [0, 0.1) is 5.92 Å². The summed E-state index contributed by atoms with van der Waals surface area (Å²) in [5.41, 5.74) is 3.40. The minimum Gasteiger partial charge on any atom is -0.495 e. The number of nitrogens with zero attached hydrogens (tertiary/aromatic N) is 2. The van der Waals surface area contributed by atoms with E-state index in [4.69, 9.17) is 4.74 Å². The lowest BCUT2D eigenvalue weighted by molar-refractivity contribution is -0.122. The van der Waals surface area contributed by atoms with Crippen LogP contribution in [0.5, 0.6) is 5.75 Å². The summed E-state index contributed by atoms with van der Waals surface area (Å²) in [6, 6.07) is 11.7. The van der Waals surface area contributed by atoms with Gasteiger partial charge in [0.2, 0.25) is 5.91 Å². The highest BCUT2D eigenvalue weighted by Crippen LogP contribution is 2.33. The summed E-state index contributed by atoms with van der Waals surface area (Å²) in [5.74, 6) is 0.871. The smallest absolute Gasteiger partial charge is 0.227 e. The van der Waals surface area contributed by atoms with Gasteiger partial charge in [-0.25, -0.2) is 4.98 Å². The van der Waals surface area contributed by atoms with E-state index in [-0.39, 0.29) is 11.8 Å². The van der Waals surface area contributed by atoms with Crippen LogP contribution in [0.4, 0.5) is 5.69 Å². The number of imidazole rings is 1. The molecule has 2 heterocycles. The molecule has 1 fully saturated rings. The summed E-state index contributed by atoms with van der Waals surface area (Å²) in [5, 5.41) is 3.01. The van der Waals surface area contributed by atoms with E-state index < -0.39 is 0 Å². The number of benzene rings is 1. The third-order valence-corrected chi connectivity index (χ3v) is 4.59. The Labute approximate surface area is 140 Å². The molecular formula is C19H19N3O2. The van der Waals surface area contributed by atoms with E-state index in [9.17, 15) is 4.79 Å². The van der Waals surface area contributed by atoms with E-state index in [0.29, 0.717) is 11.4 Å². The number of nitrogens with one attached hydrogen (secondary N) is 1. The molecule has 0 spiro atoms. The van der Waals surface area contributed by atoms with Gasteiger partial charge < -0.3 is 14.5 Å². The Balaban J connectivity index is 1.68. The molecule has 0 atom stereocenters. The first-order chi connectivity index (χ1) is 11.7. The van der Waals surface area contributed by atoms with Crippen LogP contribution < -0.4 is 10.1 Å². The molecule has 24 heavy (non-hydrogen) atoms. The molecule has 1 aromatic carbocycles. The monoisotopic (exact) mass is 321 g/mol. The molecule has 1 saturated carbocycles. The van der Waals surface area contributed by atoms with Crippen LogP contribution in [0.2, 0.25) is 0 Å². The van der Waals surface area contributed by atoms with Crippen LogP contribution in [0.3, 0.4) is 0 Å². The Morgan fingerprint density at radius 3 is 2.88 bits per heavy atom. The van der Waals surface area contributed by atoms with Crippen LogP contribution in [-0.2, 0) is 4.79 Å². The predicted octanol–water partition coefficient (Wildman–Crippen LogP) is 3.75. The number of rotatable bonds is 4. The van der Waals surface area contributed by atoms with Crippen molar-refractivity contribution in [2.45, 2.75) is 19.3 Å². The molecule has 1 amide bonds. The van der Waals surface area contributed by atoms with Gasteiger partial charge in [-0.1, -0.05) is 12.5 Å². The van der Waals surface area contributed by atoms with Gasteiger partial charge in [0.25, 0.3) is 0 Å². The maximum absolute atomic E-state index is 12.3. The fourth-order valence-electron chi connectivity index (χ4n) is 2.94. The minimum absolute atomic E-state index is 0.0756. The molecule has 2 aromatic heterocycles. The zero-order valence-electron chi connectivity index (χ0n) is 13.5. The number of hydrogen-bond donors (Lipinski definition) is 1. The standard InChI is InChI=1S/C19H19N3O2/c1-24-17-9-8-14(11-15(17)21-19(23)13-5-4-6-13)16-12-22-10-3-2-7-18(22)20-16/h2-3,7-13H,4-6H2,1H3,(H,21,23). The molecule has 5 nitrogen and oxygen atoms in total. The second-order valence-electron chi connectivity index (χ2n) is 6.12. The van der Waals surface area contributed by atoms with Gasteiger partial charge in [0.05, 0.1) is 18.5 Å². The molecule has 3 aromatic rings. The topological polar surface area (TPSA) is 55.6 Å². The van der Waals surface area contributed by atoms with E-state index in [1.54, 1.807) is 7.11 Å². The van der Waals surface area contributed by atoms with Gasteiger partial charge >= 0.3 is 0 Å². The number of aromatic nitrogens is 2. The van der Waals surface area contributed by atoms with Crippen LogP contribution in [-0.4, -0.2) is 22.4 Å². The number of anilines is 1. The molecule has 0 aliphatic heterocycles. The average Bonchev–Trinajstić information content (AvgIpc) is 2.97. The van der Waals surface area contributed by atoms with E-state index in [0.717, 1.165) is 36.2 Å². The molecule has 0 radical (unpaired) electrons. The van der Waals surface area contributed by atoms with E-state index in [1.165, 1.54) is 0 Å². The second kappa shape index (κ2) is 6.00. The lowest BCUT2D eigenvalue weighted by atomic mass is 9.85. The third-order valence-electron chi connectivity index (χ3n) is 4.59. The van der Waals surface area contributed by atoms with E-state index >= 15 is 0 Å². The zero-order valence-corrected chi connectivity index (χ0v) is 13.5. The fraction of sp³-hybridized carbons (Fsp3) is 0.263. The summed E-state index contributed by atoms with van der Waals surface area (Å²) in [6.07, 6.45) is 7.03. The van der Waals surface area contributed by atoms with Gasteiger partial charge in [-0.3, -0.25) is 4.79 Å². The highest BCUT2D eigenvalue weighted by Gasteiger charge is 2.26. The molecule has 0 saturated heterocycles. The van der Waals surface area contributed by atoms with Gasteiger partial charge in [0, 0.05) is 23.9 Å². The quantitative estimate of drug-likeness (QED) is 0.796. The van der Waals surface area contributed by atoms with Gasteiger partial charge in [0.15, 0.2) is 0 Å². The van der Waals surface area contributed by atoms with Gasteiger partial charge in [-0.05, 0) is 43.2 Å². The van der Waals surface area contributed by atoms with Crippen LogP contribution in [0.25, 0.3) is 16.9 Å². The van der Waals surface area contributed by atoms with Crippen LogP contribution in [0.15, 0.2) is 48.8 Å². The Morgan fingerprint density at radius 2 is 2.17 bits per heavy atom. The van der Waals surface area contributed by atoms with Crippen LogP contribution in [0.1, 0.15) is 19.3 Å². The molecule has 1 aliphatic rings. The maximum Gasteiger partial charge on any atom is 0.227 e. The third kappa shape index (κ3) is 2.62. The van der Waals surface area contributed by atoms with Gasteiger partial charge in [0.1, 0.15) is 11.4 Å². The van der Waals surface area contributed by atoms with Crippen molar-refractivity contribution in [3.05, 3.63) is 48.8 Å². The summed E-state index contributed by atoms with van der Waals surface area (Å²) in [4.78, 5) is 16.9. The number of carbonyl (C=O) groups is 1. The average molecular weight is 321 g/mol. The zero-order chi connectivity index (χ0) is 16.5. The molecule has 5 heteroatoms. The second-order valence-corrected chi connectivity index (χ2v) is 6.12. The van der Waals surface area contributed by atoms with Gasteiger partial charge in [-0.15, -0.1) is 0 Å². The molecule has 122 valence electrons. The van der Waals surface area contributed by atoms with E-state index in [2.05, 4.69) is 10.3 Å². The first-order valence-electron chi connectivity index (χ1n) is 8.17. The molecule has 0 bridgehead atoms. The lowest BCUT2D eigenvalue weighted by Gasteiger charge is -2.24. The number of hydrogen-bond acceptors (Lipinski definition) is 3. The van der Waals surface area contributed by atoms with Crippen molar-refractivity contribution in [3.8, 4) is 17.0 Å². The number of ether oxygens (including phenoxy) is 1. The Kier molecular flexibility index (Phi) is 3.69. The van der Waals surface area contributed by atoms with Crippen molar-refractivity contribution < 1.29 is 9.53 Å². The number of carbonyl (C=O) groups excluding carboxylic acids is 1. The number of pyridine rings is 1. The molecular weight excluding hydrogens is 302 g/mol. The van der Waals surface area contributed by atoms with Crippen molar-refractivity contribution in [2.24, 2.45) is 5.92 Å². The number of fused-ring (bicyclic) bond motifs is 1. The van der Waals surface area contributed by atoms with E-state index in [1.807, 2.05) is 53.2 Å². The fourth-order valence-corrected chi connectivity index (χ4v) is 2.94. The lowest BCUT2D eigenvalue weighted by Crippen LogP contribution is -2.28. The first-order valence-corrected chi connectivity index (χ1v) is 8.17. The SMILES string of the molecule is COc1ccc(-c2cn3ccccc3n2)cc1NC(=O)C1CCC1. The van der Waals surface area contributed by atoms with Crippen LogP contribution >= 0.6 is 0 Å². The molecule has 1 N–H and O–H groups in total.